The third kappa shape index (κ3) is 4.52. The van der Waals surface area contributed by atoms with E-state index in [9.17, 15) is 14.7 Å². The van der Waals surface area contributed by atoms with E-state index >= 15 is 0 Å². The molecule has 0 aliphatic heterocycles. The first-order valence-electron chi connectivity index (χ1n) is 9.04. The number of nitrogens with zero attached hydrogens (tertiary/aromatic N) is 1. The molecule has 0 bridgehead atoms. The van der Waals surface area contributed by atoms with Crippen LogP contribution in [-0.2, 0) is 0 Å². The van der Waals surface area contributed by atoms with E-state index < -0.39 is 5.97 Å². The van der Waals surface area contributed by atoms with Crippen LogP contribution in [-0.4, -0.2) is 30.6 Å². The van der Waals surface area contributed by atoms with Crippen LogP contribution in [0, 0.1) is 0 Å². The second kappa shape index (κ2) is 8.89. The predicted octanol–water partition coefficient (Wildman–Crippen LogP) is 4.89. The lowest BCUT2D eigenvalue weighted by atomic mass is 10.0. The van der Waals surface area contributed by atoms with Crippen LogP contribution in [0.2, 0.25) is 0 Å². The fourth-order valence-corrected chi connectivity index (χ4v) is 3.01. The number of ether oxygens (including phenoxy) is 1. The van der Waals surface area contributed by atoms with E-state index in [-0.39, 0.29) is 18.0 Å². The number of benzene rings is 3. The van der Waals surface area contributed by atoms with E-state index in [0.717, 1.165) is 16.9 Å². The largest absolute Gasteiger partial charge is 0.497 e. The highest BCUT2D eigenvalue weighted by atomic mass is 16.5. The SMILES string of the molecule is C=CCN(C(=O)c1cccc(-c2ccc(OC)cc2)c1)c1cccc(C(=O)O)c1. The smallest absolute Gasteiger partial charge is 0.335 e. The summed E-state index contributed by atoms with van der Waals surface area (Å²) in [6.07, 6.45) is 1.61. The summed E-state index contributed by atoms with van der Waals surface area (Å²) < 4.78 is 5.19. The standard InChI is InChI=1S/C24H21NO4/c1-3-14-25(21-9-5-8-20(16-21)24(27)28)23(26)19-7-4-6-18(15-19)17-10-12-22(29-2)13-11-17/h3-13,15-16H,1,14H2,2H3,(H,27,28). The maximum absolute atomic E-state index is 13.2. The Labute approximate surface area is 169 Å². The molecular weight excluding hydrogens is 366 g/mol. The van der Waals surface area contributed by atoms with Crippen molar-refractivity contribution in [2.75, 3.05) is 18.6 Å². The molecule has 5 heteroatoms. The molecule has 1 amide bonds. The van der Waals surface area contributed by atoms with Gasteiger partial charge in [-0.3, -0.25) is 4.79 Å². The van der Waals surface area contributed by atoms with Crippen LogP contribution < -0.4 is 9.64 Å². The summed E-state index contributed by atoms with van der Waals surface area (Å²) in [5.41, 5.74) is 2.99. The fraction of sp³-hybridized carbons (Fsp3) is 0.0833. The highest BCUT2D eigenvalue weighted by molar-refractivity contribution is 6.07. The molecule has 146 valence electrons. The summed E-state index contributed by atoms with van der Waals surface area (Å²) in [4.78, 5) is 26.0. The molecule has 0 spiro atoms. The molecule has 0 fully saturated rings. The van der Waals surface area contributed by atoms with Crippen molar-refractivity contribution in [3.63, 3.8) is 0 Å². The van der Waals surface area contributed by atoms with E-state index in [2.05, 4.69) is 6.58 Å². The van der Waals surface area contributed by atoms with Crippen LogP contribution in [0.15, 0.2) is 85.5 Å². The summed E-state index contributed by atoms with van der Waals surface area (Å²) in [6.45, 7) is 3.98. The zero-order chi connectivity index (χ0) is 20.8. The monoisotopic (exact) mass is 387 g/mol. The lowest BCUT2D eigenvalue weighted by molar-refractivity contribution is 0.0696. The van der Waals surface area contributed by atoms with Crippen molar-refractivity contribution in [1.29, 1.82) is 0 Å². The van der Waals surface area contributed by atoms with Gasteiger partial charge in [-0.05, 0) is 53.6 Å². The minimum absolute atomic E-state index is 0.122. The number of carbonyl (C=O) groups excluding carboxylic acids is 1. The first-order chi connectivity index (χ1) is 14.0. The van der Waals surface area contributed by atoms with E-state index in [4.69, 9.17) is 4.74 Å². The molecule has 1 N–H and O–H groups in total. The second-order valence-electron chi connectivity index (χ2n) is 6.37. The van der Waals surface area contributed by atoms with Crippen LogP contribution >= 0.6 is 0 Å². The predicted molar refractivity (Wildman–Crippen MR) is 114 cm³/mol. The number of rotatable bonds is 7. The normalized spacial score (nSPS) is 10.2. The summed E-state index contributed by atoms with van der Waals surface area (Å²) >= 11 is 0. The Morgan fingerprint density at radius 3 is 2.31 bits per heavy atom. The van der Waals surface area contributed by atoms with E-state index in [0.29, 0.717) is 11.3 Å². The number of carboxylic acids is 1. The van der Waals surface area contributed by atoms with E-state index in [1.54, 1.807) is 31.4 Å². The molecule has 0 aliphatic carbocycles. The van der Waals surface area contributed by atoms with E-state index in [1.165, 1.54) is 17.0 Å². The van der Waals surface area contributed by atoms with Crippen LogP contribution in [0.1, 0.15) is 20.7 Å². The quantitative estimate of drug-likeness (QED) is 0.586. The maximum Gasteiger partial charge on any atom is 0.335 e. The van der Waals surface area contributed by atoms with Gasteiger partial charge in [-0.15, -0.1) is 6.58 Å². The molecule has 3 aromatic carbocycles. The van der Waals surface area contributed by atoms with Gasteiger partial charge in [-0.25, -0.2) is 4.79 Å². The van der Waals surface area contributed by atoms with Crippen molar-refractivity contribution in [2.24, 2.45) is 0 Å². The zero-order valence-electron chi connectivity index (χ0n) is 16.0. The Kier molecular flexibility index (Phi) is 6.09. The van der Waals surface area contributed by atoms with Crippen molar-refractivity contribution in [3.05, 3.63) is 96.6 Å². The summed E-state index contributed by atoms with van der Waals surface area (Å²) in [7, 11) is 1.61. The second-order valence-corrected chi connectivity index (χ2v) is 6.37. The van der Waals surface area contributed by atoms with Gasteiger partial charge in [-0.1, -0.05) is 36.4 Å². The number of anilines is 1. The third-order valence-electron chi connectivity index (χ3n) is 4.49. The van der Waals surface area contributed by atoms with Crippen molar-refractivity contribution < 1.29 is 19.4 Å². The molecule has 0 radical (unpaired) electrons. The maximum atomic E-state index is 13.2. The first kappa shape index (κ1) is 19.9. The molecule has 29 heavy (non-hydrogen) atoms. The fourth-order valence-electron chi connectivity index (χ4n) is 3.01. The Balaban J connectivity index is 1.95. The van der Waals surface area contributed by atoms with Gasteiger partial charge < -0.3 is 14.7 Å². The van der Waals surface area contributed by atoms with Gasteiger partial charge in [-0.2, -0.15) is 0 Å². The Morgan fingerprint density at radius 2 is 1.66 bits per heavy atom. The summed E-state index contributed by atoms with van der Waals surface area (Å²) in [6, 6.07) is 21.2. The number of hydrogen-bond acceptors (Lipinski definition) is 3. The molecule has 0 unspecified atom stereocenters. The van der Waals surface area contributed by atoms with Crippen molar-refractivity contribution in [1.82, 2.24) is 0 Å². The molecule has 0 saturated heterocycles. The van der Waals surface area contributed by atoms with Gasteiger partial charge in [0.25, 0.3) is 5.91 Å². The van der Waals surface area contributed by atoms with Crippen molar-refractivity contribution >= 4 is 17.6 Å². The van der Waals surface area contributed by atoms with Gasteiger partial charge in [0.2, 0.25) is 0 Å². The Hall–Kier alpha value is -3.86. The first-order valence-corrected chi connectivity index (χ1v) is 9.04. The van der Waals surface area contributed by atoms with Crippen molar-refractivity contribution in [3.8, 4) is 16.9 Å². The zero-order valence-corrected chi connectivity index (χ0v) is 16.0. The summed E-state index contributed by atoms with van der Waals surface area (Å²) in [5.74, 6) is -0.515. The lowest BCUT2D eigenvalue weighted by Crippen LogP contribution is -2.31. The van der Waals surface area contributed by atoms with Crippen LogP contribution in [0.5, 0.6) is 5.75 Å². The van der Waals surface area contributed by atoms with Crippen molar-refractivity contribution in [2.45, 2.75) is 0 Å². The average molecular weight is 387 g/mol. The van der Waals surface area contributed by atoms with Gasteiger partial charge in [0.05, 0.1) is 12.7 Å². The van der Waals surface area contributed by atoms with Gasteiger partial charge >= 0.3 is 5.97 Å². The van der Waals surface area contributed by atoms with Crippen LogP contribution in [0.25, 0.3) is 11.1 Å². The molecule has 0 aromatic heterocycles. The number of aromatic carboxylic acids is 1. The number of carboxylic acid groups (broad SMARTS) is 1. The third-order valence-corrected chi connectivity index (χ3v) is 4.49. The number of carbonyl (C=O) groups is 2. The van der Waals surface area contributed by atoms with Crippen LogP contribution in [0.4, 0.5) is 5.69 Å². The molecule has 0 aliphatic rings. The Bertz CT molecular complexity index is 1040. The molecule has 0 heterocycles. The molecule has 0 atom stereocenters. The minimum Gasteiger partial charge on any atom is -0.497 e. The molecule has 3 rings (SSSR count). The molecular formula is C24H21NO4. The molecule has 0 saturated carbocycles. The summed E-state index contributed by atoms with van der Waals surface area (Å²) in [5, 5.41) is 9.24. The van der Waals surface area contributed by atoms with Crippen LogP contribution in [0.3, 0.4) is 0 Å². The topological polar surface area (TPSA) is 66.8 Å². The number of amides is 1. The molecule has 3 aromatic rings. The van der Waals surface area contributed by atoms with Gasteiger partial charge in [0, 0.05) is 17.8 Å². The number of hydrogen-bond donors (Lipinski definition) is 1. The highest BCUT2D eigenvalue weighted by Gasteiger charge is 2.18. The molecule has 5 nitrogen and oxygen atoms in total. The lowest BCUT2D eigenvalue weighted by Gasteiger charge is -2.22. The highest BCUT2D eigenvalue weighted by Crippen LogP contribution is 2.25. The Morgan fingerprint density at radius 1 is 0.966 bits per heavy atom. The minimum atomic E-state index is -1.04. The average Bonchev–Trinajstić information content (AvgIpc) is 2.77. The van der Waals surface area contributed by atoms with Gasteiger partial charge in [0.15, 0.2) is 0 Å². The van der Waals surface area contributed by atoms with Gasteiger partial charge in [0.1, 0.15) is 5.75 Å². The van der Waals surface area contributed by atoms with E-state index in [1.807, 2.05) is 42.5 Å². The number of methoxy groups -OCH3 is 1.